The van der Waals surface area contributed by atoms with Crippen molar-refractivity contribution in [3.05, 3.63) is 48.5 Å². The van der Waals surface area contributed by atoms with Crippen molar-refractivity contribution < 1.29 is 14.3 Å². The maximum Gasteiger partial charge on any atom is 0.329 e. The van der Waals surface area contributed by atoms with Gasteiger partial charge >= 0.3 is 6.03 Å². The number of piperazine rings is 1. The third-order valence-electron chi connectivity index (χ3n) is 5.30. The minimum atomic E-state index is -0.630. The molecule has 0 bridgehead atoms. The fraction of sp³-hybridized carbons (Fsp3) is 0.435. The van der Waals surface area contributed by atoms with Gasteiger partial charge in [0.1, 0.15) is 11.5 Å². The fourth-order valence-corrected chi connectivity index (χ4v) is 3.54. The third-order valence-corrected chi connectivity index (χ3v) is 5.73. The van der Waals surface area contributed by atoms with Crippen molar-refractivity contribution in [1.82, 2.24) is 4.90 Å². The highest BCUT2D eigenvalue weighted by atomic mass is 32.1. The second-order valence-electron chi connectivity index (χ2n) is 7.69. The Balaban J connectivity index is 1.29. The van der Waals surface area contributed by atoms with E-state index in [4.69, 9.17) is 15.2 Å². The number of unbranched alkanes of at least 4 members (excludes halogenated alkanes) is 2. The second kappa shape index (κ2) is 11.7. The first kappa shape index (κ1) is 23.1. The summed E-state index contributed by atoms with van der Waals surface area (Å²) < 4.78 is 12.7. The van der Waals surface area contributed by atoms with E-state index in [2.05, 4.69) is 53.9 Å². The molecule has 8 heteroatoms. The van der Waals surface area contributed by atoms with Crippen LogP contribution in [0.5, 0.6) is 11.5 Å². The molecule has 0 aromatic heterocycles. The number of urea groups is 1. The number of ether oxygens (including phenoxy) is 2. The van der Waals surface area contributed by atoms with E-state index in [9.17, 15) is 4.79 Å². The van der Waals surface area contributed by atoms with Crippen LogP contribution in [0.2, 0.25) is 0 Å². The van der Waals surface area contributed by atoms with Crippen LogP contribution >= 0.6 is 12.8 Å². The largest absolute Gasteiger partial charge is 0.494 e. The number of nitrogens with two attached hydrogens (primary N) is 1. The van der Waals surface area contributed by atoms with Crippen LogP contribution in [-0.2, 0) is 0 Å². The van der Waals surface area contributed by atoms with Gasteiger partial charge in [0.2, 0.25) is 0 Å². The number of rotatable bonds is 10. The lowest BCUT2D eigenvalue weighted by atomic mass is 10.2. The van der Waals surface area contributed by atoms with Gasteiger partial charge in [0.25, 0.3) is 0 Å². The van der Waals surface area contributed by atoms with Crippen molar-refractivity contribution in [2.24, 2.45) is 5.73 Å². The van der Waals surface area contributed by atoms with Crippen molar-refractivity contribution in [2.45, 2.75) is 19.3 Å². The first-order valence-electron chi connectivity index (χ1n) is 10.7. The number of carbonyl (C=O) groups is 1. The second-order valence-corrected chi connectivity index (χ2v) is 8.09. The Morgan fingerprint density at radius 2 is 1.61 bits per heavy atom. The number of primary amides is 1. The van der Waals surface area contributed by atoms with E-state index in [1.54, 1.807) is 18.2 Å². The topological polar surface area (TPSA) is 71.3 Å². The Hall–Kier alpha value is -2.58. The SMILES string of the molecule is CN1CCN(c2ccc(OCCCCCOc3cccc(N(S)C(N)=O)c3)cc2)CC1. The third kappa shape index (κ3) is 7.25. The molecule has 1 fully saturated rings. The fourth-order valence-electron chi connectivity index (χ4n) is 3.41. The number of hydrogen-bond donors (Lipinski definition) is 2. The quantitative estimate of drug-likeness (QED) is 0.431. The zero-order valence-corrected chi connectivity index (χ0v) is 19.0. The Morgan fingerprint density at radius 1 is 0.968 bits per heavy atom. The number of thiol groups is 1. The molecule has 0 atom stereocenters. The molecule has 2 aromatic rings. The molecule has 1 aliphatic heterocycles. The lowest BCUT2D eigenvalue weighted by molar-refractivity contribution is 0.257. The van der Waals surface area contributed by atoms with E-state index in [1.807, 2.05) is 6.07 Å². The van der Waals surface area contributed by atoms with Gasteiger partial charge in [-0.15, -0.1) is 0 Å². The Kier molecular flexibility index (Phi) is 8.73. The lowest BCUT2D eigenvalue weighted by Gasteiger charge is -2.34. The molecule has 1 aliphatic rings. The lowest BCUT2D eigenvalue weighted by Crippen LogP contribution is -2.44. The van der Waals surface area contributed by atoms with E-state index in [-0.39, 0.29) is 0 Å². The zero-order chi connectivity index (χ0) is 22.1. The predicted molar refractivity (Wildman–Crippen MR) is 128 cm³/mol. The van der Waals surface area contributed by atoms with Crippen LogP contribution in [0.3, 0.4) is 0 Å². The molecular weight excluding hydrogens is 412 g/mol. The van der Waals surface area contributed by atoms with Crippen LogP contribution in [-0.4, -0.2) is 57.4 Å². The summed E-state index contributed by atoms with van der Waals surface area (Å²) >= 11 is 4.06. The Bertz CT molecular complexity index is 826. The highest BCUT2D eigenvalue weighted by molar-refractivity contribution is 7.82. The van der Waals surface area contributed by atoms with Gasteiger partial charge in [-0.1, -0.05) is 18.9 Å². The van der Waals surface area contributed by atoms with E-state index < -0.39 is 6.03 Å². The van der Waals surface area contributed by atoms with Crippen LogP contribution in [0.15, 0.2) is 48.5 Å². The molecule has 2 N–H and O–H groups in total. The first-order valence-corrected chi connectivity index (χ1v) is 11.1. The van der Waals surface area contributed by atoms with E-state index in [1.165, 1.54) is 5.69 Å². The highest BCUT2D eigenvalue weighted by Crippen LogP contribution is 2.23. The summed E-state index contributed by atoms with van der Waals surface area (Å²) in [4.78, 5) is 16.0. The van der Waals surface area contributed by atoms with Crippen LogP contribution in [0.1, 0.15) is 19.3 Å². The molecule has 0 unspecified atom stereocenters. The van der Waals surface area contributed by atoms with Gasteiger partial charge in [-0.2, -0.15) is 0 Å². The molecule has 31 heavy (non-hydrogen) atoms. The van der Waals surface area contributed by atoms with Gasteiger partial charge in [-0.25, -0.2) is 9.10 Å². The Morgan fingerprint density at radius 3 is 2.26 bits per heavy atom. The van der Waals surface area contributed by atoms with Gasteiger partial charge in [0, 0.05) is 37.9 Å². The normalized spacial score (nSPS) is 14.3. The number of likely N-dealkylation sites (N-methyl/N-ethyl adjacent to an activating group) is 1. The van der Waals surface area contributed by atoms with Crippen LogP contribution in [0, 0.1) is 0 Å². The summed E-state index contributed by atoms with van der Waals surface area (Å²) in [7, 11) is 2.17. The number of benzene rings is 2. The number of amides is 2. The van der Waals surface area contributed by atoms with Crippen molar-refractivity contribution in [2.75, 3.05) is 55.6 Å². The molecule has 1 saturated heterocycles. The van der Waals surface area contributed by atoms with Crippen molar-refractivity contribution >= 4 is 30.2 Å². The summed E-state index contributed by atoms with van der Waals surface area (Å²) in [6.45, 7) is 5.65. The molecule has 0 spiro atoms. The standard InChI is InChI=1S/C23H32N4O3S/c1-25-12-14-26(15-13-25)19-8-10-21(11-9-19)29-16-3-2-4-17-30-22-7-5-6-20(18-22)27(31)23(24)28/h5-11,18,31H,2-4,12-17H2,1H3,(H2,24,28). The van der Waals surface area contributed by atoms with Gasteiger partial charge in [0.05, 0.1) is 18.9 Å². The Labute approximate surface area is 190 Å². The van der Waals surface area contributed by atoms with Crippen molar-refractivity contribution in [3.8, 4) is 11.5 Å². The smallest absolute Gasteiger partial charge is 0.329 e. The highest BCUT2D eigenvalue weighted by Gasteiger charge is 2.14. The molecule has 1 heterocycles. The van der Waals surface area contributed by atoms with E-state index in [0.29, 0.717) is 24.7 Å². The molecule has 0 saturated carbocycles. The van der Waals surface area contributed by atoms with E-state index in [0.717, 1.165) is 55.5 Å². The van der Waals surface area contributed by atoms with Crippen LogP contribution in [0.4, 0.5) is 16.2 Å². The molecule has 7 nitrogen and oxygen atoms in total. The zero-order valence-electron chi connectivity index (χ0n) is 18.1. The summed E-state index contributed by atoms with van der Waals surface area (Å²) in [5, 5.41) is 0. The number of hydrogen-bond acceptors (Lipinski definition) is 6. The summed E-state index contributed by atoms with van der Waals surface area (Å²) in [5.74, 6) is 1.60. The number of anilines is 2. The maximum absolute atomic E-state index is 11.2. The maximum atomic E-state index is 11.2. The van der Waals surface area contributed by atoms with Crippen LogP contribution < -0.4 is 24.4 Å². The van der Waals surface area contributed by atoms with E-state index >= 15 is 0 Å². The van der Waals surface area contributed by atoms with Crippen LogP contribution in [0.25, 0.3) is 0 Å². The van der Waals surface area contributed by atoms with Gasteiger partial charge < -0.3 is 25.0 Å². The van der Waals surface area contributed by atoms with Gasteiger partial charge in [-0.3, -0.25) is 0 Å². The summed E-state index contributed by atoms with van der Waals surface area (Å²) in [6, 6.07) is 14.9. The van der Waals surface area contributed by atoms with Gasteiger partial charge in [0.15, 0.2) is 0 Å². The molecule has 2 amide bonds. The average molecular weight is 445 g/mol. The number of carbonyl (C=O) groups excluding carboxylic acids is 1. The molecule has 168 valence electrons. The summed E-state index contributed by atoms with van der Waals surface area (Å²) in [5.41, 5.74) is 7.07. The van der Waals surface area contributed by atoms with Crippen molar-refractivity contribution in [3.63, 3.8) is 0 Å². The average Bonchev–Trinajstić information content (AvgIpc) is 2.79. The molecule has 0 radical (unpaired) electrons. The monoisotopic (exact) mass is 444 g/mol. The number of nitrogens with zero attached hydrogens (tertiary/aromatic N) is 3. The van der Waals surface area contributed by atoms with Crippen molar-refractivity contribution in [1.29, 1.82) is 0 Å². The summed E-state index contributed by atoms with van der Waals surface area (Å²) in [6.07, 6.45) is 2.91. The predicted octanol–water partition coefficient (Wildman–Crippen LogP) is 3.80. The molecule has 0 aliphatic carbocycles. The molecule has 3 rings (SSSR count). The minimum Gasteiger partial charge on any atom is -0.494 e. The van der Waals surface area contributed by atoms with Gasteiger partial charge in [-0.05, 0) is 62.7 Å². The molecular formula is C23H32N4O3S. The molecule has 2 aromatic carbocycles. The minimum absolute atomic E-state index is 0.584. The first-order chi connectivity index (χ1) is 15.0.